The van der Waals surface area contributed by atoms with Crippen LogP contribution in [0.4, 0.5) is 0 Å². The number of carbonyl (C=O) groups excluding carboxylic acids is 1. The SMILES string of the molecule is CCOc1cc(C(=O)N/C=C/c2ccccc2)nc2c(Cl)cccc12. The first-order chi connectivity index (χ1) is 12.2. The molecule has 0 bridgehead atoms. The number of halogens is 1. The number of para-hydroxylation sites is 1. The van der Waals surface area contributed by atoms with Gasteiger partial charge >= 0.3 is 0 Å². The first kappa shape index (κ1) is 17.0. The van der Waals surface area contributed by atoms with Crippen molar-refractivity contribution >= 4 is 34.5 Å². The maximum atomic E-state index is 12.4. The number of ether oxygens (including phenoxy) is 1. The summed E-state index contributed by atoms with van der Waals surface area (Å²) >= 11 is 6.23. The fourth-order valence-electron chi connectivity index (χ4n) is 2.43. The quantitative estimate of drug-likeness (QED) is 0.724. The summed E-state index contributed by atoms with van der Waals surface area (Å²) < 4.78 is 5.64. The van der Waals surface area contributed by atoms with Crippen LogP contribution < -0.4 is 10.1 Å². The molecule has 2 aromatic carbocycles. The van der Waals surface area contributed by atoms with E-state index < -0.39 is 0 Å². The van der Waals surface area contributed by atoms with Gasteiger partial charge in [-0.15, -0.1) is 0 Å². The maximum absolute atomic E-state index is 12.4. The van der Waals surface area contributed by atoms with Crippen molar-refractivity contribution in [3.8, 4) is 5.75 Å². The summed E-state index contributed by atoms with van der Waals surface area (Å²) in [6, 6.07) is 16.8. The van der Waals surface area contributed by atoms with Gasteiger partial charge in [0.2, 0.25) is 0 Å². The topological polar surface area (TPSA) is 51.2 Å². The third kappa shape index (κ3) is 3.98. The lowest BCUT2D eigenvalue weighted by atomic mass is 10.1. The molecule has 0 saturated carbocycles. The van der Waals surface area contributed by atoms with Gasteiger partial charge in [0.25, 0.3) is 5.91 Å². The minimum absolute atomic E-state index is 0.252. The molecule has 0 unspecified atom stereocenters. The highest BCUT2D eigenvalue weighted by Gasteiger charge is 2.13. The number of amides is 1. The third-order valence-corrected chi connectivity index (χ3v) is 3.88. The normalized spacial score (nSPS) is 11.0. The second-order valence-corrected chi connectivity index (χ2v) is 5.70. The molecule has 5 heteroatoms. The standard InChI is InChI=1S/C20H17ClN2O2/c1-2-25-18-13-17(23-19-15(18)9-6-10-16(19)21)20(24)22-12-11-14-7-4-3-5-8-14/h3-13H,2H2,1H3,(H,22,24)/b12-11+. The van der Waals surface area contributed by atoms with E-state index in [1.54, 1.807) is 18.3 Å². The lowest BCUT2D eigenvalue weighted by Gasteiger charge is -2.10. The van der Waals surface area contributed by atoms with Crippen molar-refractivity contribution in [3.63, 3.8) is 0 Å². The van der Waals surface area contributed by atoms with Gasteiger partial charge in [-0.3, -0.25) is 4.79 Å². The molecular formula is C20H17ClN2O2. The Labute approximate surface area is 151 Å². The monoisotopic (exact) mass is 352 g/mol. The second-order valence-electron chi connectivity index (χ2n) is 5.29. The Morgan fingerprint density at radius 1 is 1.20 bits per heavy atom. The van der Waals surface area contributed by atoms with Crippen molar-refractivity contribution < 1.29 is 9.53 Å². The summed E-state index contributed by atoms with van der Waals surface area (Å²) in [5.41, 5.74) is 1.79. The first-order valence-corrected chi connectivity index (χ1v) is 8.31. The zero-order chi connectivity index (χ0) is 17.6. The molecule has 1 heterocycles. The molecule has 126 valence electrons. The Bertz CT molecular complexity index is 924. The fourth-order valence-corrected chi connectivity index (χ4v) is 2.64. The summed E-state index contributed by atoms with van der Waals surface area (Å²) in [6.45, 7) is 2.37. The predicted molar refractivity (Wildman–Crippen MR) is 101 cm³/mol. The lowest BCUT2D eigenvalue weighted by Crippen LogP contribution is -2.18. The summed E-state index contributed by atoms with van der Waals surface area (Å²) in [5, 5.41) is 3.98. The molecule has 0 aliphatic rings. The molecule has 0 aliphatic carbocycles. The summed E-state index contributed by atoms with van der Waals surface area (Å²) in [4.78, 5) is 16.8. The average molecular weight is 353 g/mol. The molecular weight excluding hydrogens is 336 g/mol. The van der Waals surface area contributed by atoms with Gasteiger partial charge in [-0.05, 0) is 30.7 Å². The lowest BCUT2D eigenvalue weighted by molar-refractivity contribution is 0.0965. The predicted octanol–water partition coefficient (Wildman–Crippen LogP) is 4.69. The number of pyridine rings is 1. The Morgan fingerprint density at radius 2 is 2.00 bits per heavy atom. The van der Waals surface area contributed by atoms with Crippen LogP contribution in [-0.4, -0.2) is 17.5 Å². The van der Waals surface area contributed by atoms with Crippen LogP contribution in [0.3, 0.4) is 0 Å². The van der Waals surface area contributed by atoms with E-state index >= 15 is 0 Å². The van der Waals surface area contributed by atoms with Crippen LogP contribution >= 0.6 is 11.6 Å². The van der Waals surface area contributed by atoms with E-state index in [9.17, 15) is 4.79 Å². The minimum atomic E-state index is -0.324. The zero-order valence-corrected chi connectivity index (χ0v) is 14.5. The van der Waals surface area contributed by atoms with Crippen LogP contribution in [-0.2, 0) is 0 Å². The number of nitrogens with zero attached hydrogens (tertiary/aromatic N) is 1. The second kappa shape index (κ2) is 7.81. The van der Waals surface area contributed by atoms with Gasteiger partial charge in [-0.25, -0.2) is 4.98 Å². The molecule has 0 spiro atoms. The molecule has 0 radical (unpaired) electrons. The summed E-state index contributed by atoms with van der Waals surface area (Å²) in [7, 11) is 0. The fraction of sp³-hybridized carbons (Fsp3) is 0.100. The number of hydrogen-bond donors (Lipinski definition) is 1. The minimum Gasteiger partial charge on any atom is -0.493 e. The molecule has 1 N–H and O–H groups in total. The van der Waals surface area contributed by atoms with Gasteiger partial charge in [0.1, 0.15) is 11.4 Å². The van der Waals surface area contributed by atoms with Crippen LogP contribution in [0.25, 0.3) is 17.0 Å². The number of benzene rings is 2. The molecule has 25 heavy (non-hydrogen) atoms. The Hall–Kier alpha value is -2.85. The Morgan fingerprint density at radius 3 is 2.76 bits per heavy atom. The number of fused-ring (bicyclic) bond motifs is 1. The van der Waals surface area contributed by atoms with Gasteiger partial charge in [0.15, 0.2) is 0 Å². The van der Waals surface area contributed by atoms with Crippen molar-refractivity contribution in [1.29, 1.82) is 0 Å². The van der Waals surface area contributed by atoms with E-state index in [1.807, 2.05) is 55.5 Å². The van der Waals surface area contributed by atoms with E-state index in [0.29, 0.717) is 22.9 Å². The van der Waals surface area contributed by atoms with Gasteiger partial charge in [-0.1, -0.05) is 48.0 Å². The smallest absolute Gasteiger partial charge is 0.273 e. The highest BCUT2D eigenvalue weighted by atomic mass is 35.5. The zero-order valence-electron chi connectivity index (χ0n) is 13.7. The number of rotatable bonds is 5. The highest BCUT2D eigenvalue weighted by molar-refractivity contribution is 6.35. The number of aromatic nitrogens is 1. The van der Waals surface area contributed by atoms with E-state index in [-0.39, 0.29) is 11.6 Å². The van der Waals surface area contributed by atoms with Gasteiger partial charge < -0.3 is 10.1 Å². The number of carbonyl (C=O) groups is 1. The molecule has 3 rings (SSSR count). The molecule has 0 atom stereocenters. The van der Waals surface area contributed by atoms with E-state index in [2.05, 4.69) is 10.3 Å². The number of nitrogens with one attached hydrogen (secondary N) is 1. The Kier molecular flexibility index (Phi) is 5.31. The van der Waals surface area contributed by atoms with Gasteiger partial charge in [0.05, 0.1) is 17.1 Å². The van der Waals surface area contributed by atoms with Crippen LogP contribution in [0.2, 0.25) is 5.02 Å². The van der Waals surface area contributed by atoms with Crippen LogP contribution in [0.15, 0.2) is 60.8 Å². The van der Waals surface area contributed by atoms with Crippen LogP contribution in [0, 0.1) is 0 Å². The molecule has 3 aromatic rings. The molecule has 1 aromatic heterocycles. The Balaban J connectivity index is 1.88. The van der Waals surface area contributed by atoms with E-state index in [0.717, 1.165) is 10.9 Å². The molecule has 0 aliphatic heterocycles. The summed E-state index contributed by atoms with van der Waals surface area (Å²) in [5.74, 6) is 0.266. The van der Waals surface area contributed by atoms with Crippen molar-refractivity contribution in [2.45, 2.75) is 6.92 Å². The van der Waals surface area contributed by atoms with Crippen LogP contribution in [0.1, 0.15) is 23.0 Å². The van der Waals surface area contributed by atoms with Crippen molar-refractivity contribution in [3.05, 3.63) is 77.1 Å². The average Bonchev–Trinajstić information content (AvgIpc) is 2.63. The van der Waals surface area contributed by atoms with Gasteiger partial charge in [-0.2, -0.15) is 0 Å². The molecule has 1 amide bonds. The van der Waals surface area contributed by atoms with E-state index in [4.69, 9.17) is 16.3 Å². The molecule has 4 nitrogen and oxygen atoms in total. The van der Waals surface area contributed by atoms with E-state index in [1.165, 1.54) is 0 Å². The third-order valence-electron chi connectivity index (χ3n) is 3.57. The van der Waals surface area contributed by atoms with Crippen molar-refractivity contribution in [2.24, 2.45) is 0 Å². The molecule has 0 fully saturated rings. The van der Waals surface area contributed by atoms with Crippen molar-refractivity contribution in [2.75, 3.05) is 6.61 Å². The number of hydrogen-bond acceptors (Lipinski definition) is 3. The first-order valence-electron chi connectivity index (χ1n) is 7.93. The van der Waals surface area contributed by atoms with Gasteiger partial charge in [0, 0.05) is 17.7 Å². The van der Waals surface area contributed by atoms with Crippen LogP contribution in [0.5, 0.6) is 5.75 Å². The van der Waals surface area contributed by atoms with Crippen molar-refractivity contribution in [1.82, 2.24) is 10.3 Å². The highest BCUT2D eigenvalue weighted by Crippen LogP contribution is 2.30. The maximum Gasteiger partial charge on any atom is 0.273 e. The summed E-state index contributed by atoms with van der Waals surface area (Å²) in [6.07, 6.45) is 3.41. The molecule has 0 saturated heterocycles. The largest absolute Gasteiger partial charge is 0.493 e.